The van der Waals surface area contributed by atoms with E-state index in [0.717, 1.165) is 6.26 Å². The molecule has 0 aliphatic heterocycles. The van der Waals surface area contributed by atoms with Crippen LogP contribution in [0.25, 0.3) is 0 Å². The number of methoxy groups -OCH3 is 1. The molecule has 1 rings (SSSR count). The first-order valence-electron chi connectivity index (χ1n) is 3.83. The second kappa shape index (κ2) is 3.97. The Hall–Kier alpha value is -1.08. The Labute approximate surface area is 82.6 Å². The molecule has 0 aromatic carbocycles. The highest BCUT2D eigenvalue weighted by molar-refractivity contribution is 7.85. The Kier molecular flexibility index (Phi) is 3.12. The number of hydrogen-bond acceptors (Lipinski definition) is 5. The van der Waals surface area contributed by atoms with Crippen molar-refractivity contribution in [2.75, 3.05) is 13.4 Å². The third kappa shape index (κ3) is 3.00. The van der Waals surface area contributed by atoms with Gasteiger partial charge in [-0.2, -0.15) is 13.5 Å². The molecule has 0 atom stereocenters. The van der Waals surface area contributed by atoms with Crippen molar-refractivity contribution in [1.29, 1.82) is 0 Å². The number of ether oxygens (including phenoxy) is 1. The molecule has 1 aromatic rings. The summed E-state index contributed by atoms with van der Waals surface area (Å²) in [5, 5.41) is 3.99. The van der Waals surface area contributed by atoms with Gasteiger partial charge in [0.1, 0.15) is 6.61 Å². The monoisotopic (exact) mass is 220 g/mol. The Morgan fingerprint density at radius 3 is 2.64 bits per heavy atom. The maximum atomic E-state index is 10.7. The van der Waals surface area contributed by atoms with Crippen LogP contribution in [-0.2, 0) is 28.0 Å². The van der Waals surface area contributed by atoms with Crippen molar-refractivity contribution < 1.29 is 17.3 Å². The van der Waals surface area contributed by atoms with Crippen LogP contribution >= 0.6 is 0 Å². The lowest BCUT2D eigenvalue weighted by molar-refractivity contribution is 0.306. The van der Waals surface area contributed by atoms with Crippen molar-refractivity contribution in [3.05, 3.63) is 11.8 Å². The Bertz CT molecular complexity index is 409. The zero-order valence-electron chi connectivity index (χ0n) is 8.22. The van der Waals surface area contributed by atoms with Gasteiger partial charge in [0.05, 0.1) is 19.1 Å². The molecule has 14 heavy (non-hydrogen) atoms. The van der Waals surface area contributed by atoms with E-state index < -0.39 is 10.1 Å². The molecule has 0 bridgehead atoms. The van der Waals surface area contributed by atoms with Gasteiger partial charge in [0.25, 0.3) is 10.1 Å². The van der Waals surface area contributed by atoms with Gasteiger partial charge in [-0.1, -0.05) is 0 Å². The van der Waals surface area contributed by atoms with Crippen LogP contribution in [0.15, 0.2) is 6.07 Å². The molecule has 0 aliphatic rings. The largest absolute Gasteiger partial charge is 0.481 e. The second-order valence-corrected chi connectivity index (χ2v) is 4.41. The summed E-state index contributed by atoms with van der Waals surface area (Å²) in [7, 11) is -0.213. The highest BCUT2D eigenvalue weighted by Gasteiger charge is 2.08. The van der Waals surface area contributed by atoms with Crippen LogP contribution in [0, 0.1) is 0 Å². The third-order valence-corrected chi connectivity index (χ3v) is 2.06. The summed E-state index contributed by atoms with van der Waals surface area (Å²) < 4.78 is 32.4. The van der Waals surface area contributed by atoms with Gasteiger partial charge < -0.3 is 4.74 Å². The molecule has 0 aliphatic carbocycles. The van der Waals surface area contributed by atoms with E-state index in [9.17, 15) is 8.42 Å². The van der Waals surface area contributed by atoms with Gasteiger partial charge in [-0.3, -0.25) is 4.18 Å². The summed E-state index contributed by atoms with van der Waals surface area (Å²) in [6, 6.07) is 1.62. The van der Waals surface area contributed by atoms with Crippen molar-refractivity contribution in [1.82, 2.24) is 9.78 Å². The number of hydrogen-bond donors (Lipinski definition) is 0. The summed E-state index contributed by atoms with van der Waals surface area (Å²) >= 11 is 0. The standard InChI is InChI=1S/C7H12N2O4S/c1-9-7(12-2)4-6(8-9)5-13-14(3,10)11/h4H,5H2,1-3H3. The molecule has 80 valence electrons. The third-order valence-electron chi connectivity index (χ3n) is 1.52. The molecule has 0 radical (unpaired) electrons. The molecule has 0 unspecified atom stereocenters. The Balaban J connectivity index is 2.69. The minimum absolute atomic E-state index is 0.0734. The van der Waals surface area contributed by atoms with Crippen LogP contribution in [0.2, 0.25) is 0 Å². The van der Waals surface area contributed by atoms with Crippen LogP contribution in [-0.4, -0.2) is 31.6 Å². The SMILES string of the molecule is COc1cc(COS(C)(=O)=O)nn1C. The molecule has 7 heteroatoms. The number of nitrogens with zero attached hydrogens (tertiary/aromatic N) is 2. The lowest BCUT2D eigenvalue weighted by Gasteiger charge is -1.96. The quantitative estimate of drug-likeness (QED) is 0.663. The number of aryl methyl sites for hydroxylation is 1. The summed E-state index contributed by atoms with van der Waals surface area (Å²) in [4.78, 5) is 0. The van der Waals surface area contributed by atoms with Gasteiger partial charge in [-0.05, 0) is 0 Å². The summed E-state index contributed by atoms with van der Waals surface area (Å²) in [5.41, 5.74) is 0.509. The predicted molar refractivity (Wildman–Crippen MR) is 49.4 cm³/mol. The predicted octanol–water partition coefficient (Wildman–Crippen LogP) is -0.0951. The molecule has 1 heterocycles. The highest BCUT2D eigenvalue weighted by Crippen LogP contribution is 2.12. The molecule has 0 amide bonds. The van der Waals surface area contributed by atoms with Crippen LogP contribution in [0.1, 0.15) is 5.69 Å². The van der Waals surface area contributed by atoms with Crippen LogP contribution < -0.4 is 4.74 Å². The van der Waals surface area contributed by atoms with E-state index in [2.05, 4.69) is 9.28 Å². The minimum Gasteiger partial charge on any atom is -0.481 e. The van der Waals surface area contributed by atoms with Crippen LogP contribution in [0.4, 0.5) is 0 Å². The first-order valence-corrected chi connectivity index (χ1v) is 5.65. The topological polar surface area (TPSA) is 70.4 Å². The van der Waals surface area contributed by atoms with Gasteiger partial charge in [-0.15, -0.1) is 0 Å². The van der Waals surface area contributed by atoms with Crippen molar-refractivity contribution in [3.8, 4) is 5.88 Å². The van der Waals surface area contributed by atoms with Crippen molar-refractivity contribution in [3.63, 3.8) is 0 Å². The first kappa shape index (κ1) is 11.0. The molecular weight excluding hydrogens is 208 g/mol. The smallest absolute Gasteiger partial charge is 0.264 e. The molecule has 0 N–H and O–H groups in total. The highest BCUT2D eigenvalue weighted by atomic mass is 32.2. The average Bonchev–Trinajstić information content (AvgIpc) is 2.42. The van der Waals surface area contributed by atoms with Crippen LogP contribution in [0.5, 0.6) is 5.88 Å². The van der Waals surface area contributed by atoms with Crippen molar-refractivity contribution in [2.24, 2.45) is 7.05 Å². The summed E-state index contributed by atoms with van der Waals surface area (Å²) in [5.74, 6) is 0.553. The lowest BCUT2D eigenvalue weighted by atomic mass is 10.5. The summed E-state index contributed by atoms with van der Waals surface area (Å²) in [6.07, 6.45) is 0.993. The van der Waals surface area contributed by atoms with Crippen LogP contribution in [0.3, 0.4) is 0 Å². The van der Waals surface area contributed by atoms with E-state index in [4.69, 9.17) is 4.74 Å². The molecule has 6 nitrogen and oxygen atoms in total. The van der Waals surface area contributed by atoms with E-state index in [1.165, 1.54) is 11.8 Å². The molecule has 0 fully saturated rings. The van der Waals surface area contributed by atoms with E-state index in [1.807, 2.05) is 0 Å². The Morgan fingerprint density at radius 2 is 2.21 bits per heavy atom. The fraction of sp³-hybridized carbons (Fsp3) is 0.571. The fourth-order valence-electron chi connectivity index (χ4n) is 0.936. The average molecular weight is 220 g/mol. The molecule has 0 spiro atoms. The summed E-state index contributed by atoms with van der Waals surface area (Å²) in [6.45, 7) is -0.0734. The number of aromatic nitrogens is 2. The maximum Gasteiger partial charge on any atom is 0.264 e. The van der Waals surface area contributed by atoms with Crippen molar-refractivity contribution in [2.45, 2.75) is 6.61 Å². The van der Waals surface area contributed by atoms with Gasteiger partial charge >= 0.3 is 0 Å². The number of rotatable bonds is 4. The molecular formula is C7H12N2O4S. The molecule has 0 saturated heterocycles. The first-order chi connectivity index (χ1) is 6.42. The van der Waals surface area contributed by atoms with Gasteiger partial charge in [0.15, 0.2) is 0 Å². The van der Waals surface area contributed by atoms with E-state index in [-0.39, 0.29) is 6.61 Å². The minimum atomic E-state index is -3.42. The fourth-order valence-corrected chi connectivity index (χ4v) is 1.27. The van der Waals surface area contributed by atoms with Gasteiger partial charge in [0.2, 0.25) is 5.88 Å². The normalized spacial score (nSPS) is 11.6. The molecule has 1 aromatic heterocycles. The van der Waals surface area contributed by atoms with Gasteiger partial charge in [-0.25, -0.2) is 4.68 Å². The maximum absolute atomic E-state index is 10.7. The lowest BCUT2D eigenvalue weighted by Crippen LogP contribution is -2.03. The zero-order valence-corrected chi connectivity index (χ0v) is 9.04. The zero-order chi connectivity index (χ0) is 10.8. The van der Waals surface area contributed by atoms with E-state index in [0.29, 0.717) is 11.6 Å². The van der Waals surface area contributed by atoms with E-state index >= 15 is 0 Å². The Morgan fingerprint density at radius 1 is 1.57 bits per heavy atom. The van der Waals surface area contributed by atoms with Gasteiger partial charge in [0, 0.05) is 13.1 Å². The van der Waals surface area contributed by atoms with E-state index in [1.54, 1.807) is 13.1 Å². The molecule has 0 saturated carbocycles. The van der Waals surface area contributed by atoms with Crippen molar-refractivity contribution >= 4 is 10.1 Å². The second-order valence-electron chi connectivity index (χ2n) is 2.77.